The van der Waals surface area contributed by atoms with Gasteiger partial charge in [-0.2, -0.15) is 0 Å². The van der Waals surface area contributed by atoms with Crippen LogP contribution in [0.5, 0.6) is 0 Å². The van der Waals surface area contributed by atoms with Gasteiger partial charge in [-0.25, -0.2) is 0 Å². The first kappa shape index (κ1) is 20.2. The highest BCUT2D eigenvalue weighted by molar-refractivity contribution is 5.79. The first-order chi connectivity index (χ1) is 12.2. The lowest BCUT2D eigenvalue weighted by atomic mass is 10.1. The summed E-state index contributed by atoms with van der Waals surface area (Å²) in [4.78, 5) is 7.22. The van der Waals surface area contributed by atoms with Gasteiger partial charge in [0.25, 0.3) is 0 Å². The highest BCUT2D eigenvalue weighted by atomic mass is 16.5. The Hall–Kier alpha value is -1.11. The third-order valence-electron chi connectivity index (χ3n) is 4.44. The highest BCUT2D eigenvalue weighted by Crippen LogP contribution is 2.11. The zero-order chi connectivity index (χ0) is 17.9. The summed E-state index contributed by atoms with van der Waals surface area (Å²) in [7, 11) is 0. The minimum atomic E-state index is 0.196. The molecule has 0 radical (unpaired) electrons. The monoisotopic (exact) mass is 352 g/mol. The molecule has 1 saturated heterocycles. The number of nitrogens with zero attached hydrogens (tertiary/aromatic N) is 2. The van der Waals surface area contributed by atoms with Crippen molar-refractivity contribution in [3.05, 3.63) is 11.6 Å². The normalized spacial score (nSPS) is 22.8. The molecule has 2 N–H and O–H groups in total. The third-order valence-corrected chi connectivity index (χ3v) is 4.44. The number of hydrogen-bond donors (Lipinski definition) is 2. The Morgan fingerprint density at radius 1 is 1.36 bits per heavy atom. The Morgan fingerprint density at radius 3 is 2.96 bits per heavy atom. The molecular weight excluding hydrogens is 316 g/mol. The summed E-state index contributed by atoms with van der Waals surface area (Å²) in [5.74, 6) is 1.58. The minimum absolute atomic E-state index is 0.196. The van der Waals surface area contributed by atoms with Gasteiger partial charge in [0, 0.05) is 32.7 Å². The predicted molar refractivity (Wildman–Crippen MR) is 103 cm³/mol. The largest absolute Gasteiger partial charge is 0.377 e. The Bertz CT molecular complexity index is 437. The second-order valence-corrected chi connectivity index (χ2v) is 7.23. The summed E-state index contributed by atoms with van der Waals surface area (Å²) < 4.78 is 11.2. The Kier molecular flexibility index (Phi) is 9.29. The van der Waals surface area contributed by atoms with Crippen LogP contribution in [0, 0.1) is 5.92 Å². The van der Waals surface area contributed by atoms with Gasteiger partial charge in [-0.05, 0) is 25.7 Å². The van der Waals surface area contributed by atoms with Gasteiger partial charge < -0.3 is 20.1 Å². The molecule has 1 atom stereocenters. The van der Waals surface area contributed by atoms with Gasteiger partial charge in [0.2, 0.25) is 0 Å². The van der Waals surface area contributed by atoms with Gasteiger partial charge in [-0.1, -0.05) is 25.5 Å². The van der Waals surface area contributed by atoms with Gasteiger partial charge in [0.05, 0.1) is 32.5 Å². The smallest absolute Gasteiger partial charge is 0.191 e. The molecule has 6 heteroatoms. The quantitative estimate of drug-likeness (QED) is 0.395. The van der Waals surface area contributed by atoms with Crippen LogP contribution in [0.2, 0.25) is 0 Å². The molecule has 6 nitrogen and oxygen atoms in total. The SMILES string of the molecule is CCNC(=NCC1CN(CC(C)C)CCO1)NCCC1=CCOCC1. The summed E-state index contributed by atoms with van der Waals surface area (Å²) in [6.45, 7) is 14.7. The fraction of sp³-hybridized carbons (Fsp3) is 0.842. The van der Waals surface area contributed by atoms with Gasteiger partial charge in [0.15, 0.2) is 5.96 Å². The molecule has 2 heterocycles. The van der Waals surface area contributed by atoms with Crippen molar-refractivity contribution in [1.29, 1.82) is 0 Å². The molecule has 0 aliphatic carbocycles. The van der Waals surface area contributed by atoms with Crippen molar-refractivity contribution in [3.8, 4) is 0 Å². The van der Waals surface area contributed by atoms with E-state index < -0.39 is 0 Å². The van der Waals surface area contributed by atoms with E-state index >= 15 is 0 Å². The summed E-state index contributed by atoms with van der Waals surface area (Å²) in [5, 5.41) is 6.77. The average molecular weight is 353 g/mol. The first-order valence-electron chi connectivity index (χ1n) is 9.79. The number of guanidine groups is 1. The lowest BCUT2D eigenvalue weighted by Crippen LogP contribution is -2.46. The molecule has 144 valence electrons. The molecule has 2 aliphatic heterocycles. The zero-order valence-corrected chi connectivity index (χ0v) is 16.2. The van der Waals surface area contributed by atoms with Crippen LogP contribution in [0.1, 0.15) is 33.6 Å². The van der Waals surface area contributed by atoms with Crippen molar-refractivity contribution >= 4 is 5.96 Å². The second-order valence-electron chi connectivity index (χ2n) is 7.23. The standard InChI is InChI=1S/C19H36N4O2/c1-4-20-19(21-8-5-17-6-10-24-11-7-17)22-13-18-15-23(9-12-25-18)14-16(2)3/h6,16,18H,4-5,7-15H2,1-3H3,(H2,20,21,22). The molecule has 0 amide bonds. The highest BCUT2D eigenvalue weighted by Gasteiger charge is 2.20. The van der Waals surface area contributed by atoms with Crippen LogP contribution in [-0.4, -0.2) is 76.1 Å². The second kappa shape index (κ2) is 11.5. The average Bonchev–Trinajstić information content (AvgIpc) is 2.60. The number of hydrogen-bond acceptors (Lipinski definition) is 4. The van der Waals surface area contributed by atoms with Crippen LogP contribution in [0.3, 0.4) is 0 Å². The molecule has 0 aromatic rings. The molecule has 0 saturated carbocycles. The van der Waals surface area contributed by atoms with Gasteiger partial charge in [-0.15, -0.1) is 0 Å². The summed E-state index contributed by atoms with van der Waals surface area (Å²) in [6.07, 6.45) is 4.50. The number of rotatable bonds is 8. The van der Waals surface area contributed by atoms with Gasteiger partial charge in [0.1, 0.15) is 0 Å². The van der Waals surface area contributed by atoms with E-state index in [4.69, 9.17) is 14.5 Å². The van der Waals surface area contributed by atoms with Crippen LogP contribution >= 0.6 is 0 Å². The van der Waals surface area contributed by atoms with Crippen molar-refractivity contribution in [3.63, 3.8) is 0 Å². The van der Waals surface area contributed by atoms with E-state index in [1.54, 1.807) is 0 Å². The summed E-state index contributed by atoms with van der Waals surface area (Å²) >= 11 is 0. The van der Waals surface area contributed by atoms with E-state index in [-0.39, 0.29) is 6.10 Å². The Balaban J connectivity index is 1.74. The van der Waals surface area contributed by atoms with E-state index in [2.05, 4.69) is 42.4 Å². The molecule has 0 bridgehead atoms. The molecule has 0 aromatic carbocycles. The number of aliphatic imine (C=N–C) groups is 1. The van der Waals surface area contributed by atoms with Gasteiger partial charge >= 0.3 is 0 Å². The zero-order valence-electron chi connectivity index (χ0n) is 16.2. The third kappa shape index (κ3) is 8.21. The maximum Gasteiger partial charge on any atom is 0.191 e. The molecule has 25 heavy (non-hydrogen) atoms. The van der Waals surface area contributed by atoms with Crippen molar-refractivity contribution < 1.29 is 9.47 Å². The minimum Gasteiger partial charge on any atom is -0.377 e. The van der Waals surface area contributed by atoms with Gasteiger partial charge in [-0.3, -0.25) is 9.89 Å². The maximum absolute atomic E-state index is 5.89. The fourth-order valence-corrected chi connectivity index (χ4v) is 3.24. The van der Waals surface area contributed by atoms with Crippen LogP contribution in [0.25, 0.3) is 0 Å². The molecule has 2 aliphatic rings. The molecule has 1 fully saturated rings. The van der Waals surface area contributed by atoms with E-state index in [1.807, 2.05) is 0 Å². The van der Waals surface area contributed by atoms with E-state index in [0.29, 0.717) is 12.5 Å². The Labute approximate surface area is 153 Å². The van der Waals surface area contributed by atoms with E-state index in [1.165, 1.54) is 5.57 Å². The maximum atomic E-state index is 5.89. The summed E-state index contributed by atoms with van der Waals surface area (Å²) in [6, 6.07) is 0. The first-order valence-corrected chi connectivity index (χ1v) is 9.79. The van der Waals surface area contributed by atoms with Crippen molar-refractivity contribution in [1.82, 2.24) is 15.5 Å². The van der Waals surface area contributed by atoms with Crippen molar-refractivity contribution in [2.24, 2.45) is 10.9 Å². The molecule has 0 aromatic heterocycles. The number of nitrogens with one attached hydrogen (secondary N) is 2. The molecular formula is C19H36N4O2. The van der Waals surface area contributed by atoms with E-state index in [0.717, 1.165) is 71.3 Å². The Morgan fingerprint density at radius 2 is 2.24 bits per heavy atom. The molecule has 0 spiro atoms. The number of ether oxygens (including phenoxy) is 2. The molecule has 2 rings (SSSR count). The lowest BCUT2D eigenvalue weighted by Gasteiger charge is -2.33. The number of morpholine rings is 1. The fourth-order valence-electron chi connectivity index (χ4n) is 3.24. The lowest BCUT2D eigenvalue weighted by molar-refractivity contribution is -0.0261. The summed E-state index contributed by atoms with van der Waals surface area (Å²) in [5.41, 5.74) is 1.48. The van der Waals surface area contributed by atoms with E-state index in [9.17, 15) is 0 Å². The van der Waals surface area contributed by atoms with Crippen LogP contribution in [-0.2, 0) is 9.47 Å². The van der Waals surface area contributed by atoms with Crippen LogP contribution < -0.4 is 10.6 Å². The predicted octanol–water partition coefficient (Wildman–Crippen LogP) is 1.64. The topological polar surface area (TPSA) is 58.1 Å². The van der Waals surface area contributed by atoms with Crippen LogP contribution in [0.15, 0.2) is 16.6 Å². The van der Waals surface area contributed by atoms with Crippen LogP contribution in [0.4, 0.5) is 0 Å². The van der Waals surface area contributed by atoms with Crippen molar-refractivity contribution in [2.75, 3.05) is 59.1 Å². The van der Waals surface area contributed by atoms with Crippen molar-refractivity contribution in [2.45, 2.75) is 39.7 Å². The molecule has 1 unspecified atom stereocenters.